The fraction of sp³-hybridized carbons (Fsp3) is 0.318. The van der Waals surface area contributed by atoms with Crippen LogP contribution in [-0.4, -0.2) is 23.2 Å². The number of carbonyl (C=O) groups is 1. The lowest BCUT2D eigenvalue weighted by Crippen LogP contribution is -2.26. The first-order valence-corrected chi connectivity index (χ1v) is 9.25. The minimum atomic E-state index is -0.841. The minimum absolute atomic E-state index is 0.436. The zero-order valence-corrected chi connectivity index (χ0v) is 16.8. The predicted molar refractivity (Wildman–Crippen MR) is 109 cm³/mol. The van der Waals surface area contributed by atoms with E-state index in [1.165, 1.54) is 0 Å². The van der Waals surface area contributed by atoms with Gasteiger partial charge in [0.1, 0.15) is 5.75 Å². The molecule has 27 heavy (non-hydrogen) atoms. The fourth-order valence-corrected chi connectivity index (χ4v) is 3.56. The SMILES string of the molecule is COc1ccc2[nH]c(CC(C)(C)C(=O)O)c(C)c2c1Cc1ccc(Cl)cc1. The molecule has 4 nitrogen and oxygen atoms in total. The Labute approximate surface area is 164 Å². The summed E-state index contributed by atoms with van der Waals surface area (Å²) in [6.45, 7) is 5.53. The third-order valence-corrected chi connectivity index (χ3v) is 5.35. The number of rotatable bonds is 6. The number of aliphatic carboxylic acids is 1. The lowest BCUT2D eigenvalue weighted by Gasteiger charge is -2.18. The molecule has 0 aliphatic heterocycles. The quantitative estimate of drug-likeness (QED) is 0.598. The van der Waals surface area contributed by atoms with Gasteiger partial charge in [-0.2, -0.15) is 0 Å². The van der Waals surface area contributed by atoms with Gasteiger partial charge < -0.3 is 14.8 Å². The first kappa shape index (κ1) is 19.3. The third-order valence-electron chi connectivity index (χ3n) is 5.09. The predicted octanol–water partition coefficient (Wildman–Crippen LogP) is 5.38. The van der Waals surface area contributed by atoms with Crippen LogP contribution >= 0.6 is 11.6 Å². The summed E-state index contributed by atoms with van der Waals surface area (Å²) >= 11 is 6.01. The fourth-order valence-electron chi connectivity index (χ4n) is 3.44. The summed E-state index contributed by atoms with van der Waals surface area (Å²) in [4.78, 5) is 15.0. The number of carboxylic acid groups (broad SMARTS) is 1. The topological polar surface area (TPSA) is 62.3 Å². The molecule has 2 aromatic carbocycles. The molecule has 1 heterocycles. The van der Waals surface area contributed by atoms with Gasteiger partial charge in [-0.05, 0) is 56.2 Å². The monoisotopic (exact) mass is 385 g/mol. The van der Waals surface area contributed by atoms with Crippen LogP contribution < -0.4 is 4.74 Å². The highest BCUT2D eigenvalue weighted by molar-refractivity contribution is 6.30. The van der Waals surface area contributed by atoms with Crippen molar-refractivity contribution in [2.45, 2.75) is 33.6 Å². The molecule has 1 aromatic heterocycles. The van der Waals surface area contributed by atoms with Gasteiger partial charge in [-0.1, -0.05) is 23.7 Å². The van der Waals surface area contributed by atoms with E-state index < -0.39 is 11.4 Å². The van der Waals surface area contributed by atoms with E-state index in [1.807, 2.05) is 43.3 Å². The number of H-pyrrole nitrogens is 1. The van der Waals surface area contributed by atoms with Gasteiger partial charge in [0.15, 0.2) is 0 Å². The molecule has 0 fully saturated rings. The number of halogens is 1. The van der Waals surface area contributed by atoms with Crippen LogP contribution in [0.3, 0.4) is 0 Å². The molecular formula is C22H24ClNO3. The Bertz CT molecular complexity index is 987. The summed E-state index contributed by atoms with van der Waals surface area (Å²) in [6.07, 6.45) is 1.14. The van der Waals surface area contributed by atoms with E-state index in [0.29, 0.717) is 17.9 Å². The number of methoxy groups -OCH3 is 1. The Hall–Kier alpha value is -2.46. The van der Waals surface area contributed by atoms with Crippen LogP contribution in [0.5, 0.6) is 5.75 Å². The summed E-state index contributed by atoms with van der Waals surface area (Å²) in [7, 11) is 1.67. The normalized spacial score (nSPS) is 11.7. The molecule has 0 aliphatic carbocycles. The van der Waals surface area contributed by atoms with E-state index in [-0.39, 0.29) is 0 Å². The lowest BCUT2D eigenvalue weighted by molar-refractivity contribution is -0.146. The molecule has 0 bridgehead atoms. The van der Waals surface area contributed by atoms with Crippen molar-refractivity contribution in [2.75, 3.05) is 7.11 Å². The van der Waals surface area contributed by atoms with Crippen LogP contribution in [0.25, 0.3) is 10.9 Å². The zero-order chi connectivity index (χ0) is 19.8. The second-order valence-electron chi connectivity index (χ2n) is 7.57. The maximum atomic E-state index is 11.5. The number of aryl methyl sites for hydroxylation is 1. The molecule has 142 valence electrons. The van der Waals surface area contributed by atoms with Crippen molar-refractivity contribution in [1.82, 2.24) is 4.98 Å². The van der Waals surface area contributed by atoms with Crippen LogP contribution in [0.4, 0.5) is 0 Å². The molecular weight excluding hydrogens is 362 g/mol. The number of fused-ring (bicyclic) bond motifs is 1. The molecule has 5 heteroatoms. The summed E-state index contributed by atoms with van der Waals surface area (Å²) in [5.74, 6) is 0.0168. The van der Waals surface area contributed by atoms with E-state index in [2.05, 4.69) is 4.98 Å². The molecule has 0 spiro atoms. The Morgan fingerprint density at radius 3 is 2.44 bits per heavy atom. The highest BCUT2D eigenvalue weighted by Crippen LogP contribution is 2.35. The second-order valence-corrected chi connectivity index (χ2v) is 8.00. The summed E-state index contributed by atoms with van der Waals surface area (Å²) in [5, 5.41) is 11.3. The maximum absolute atomic E-state index is 11.5. The second kappa shape index (κ2) is 7.28. The summed E-state index contributed by atoms with van der Waals surface area (Å²) in [6, 6.07) is 11.7. The lowest BCUT2D eigenvalue weighted by atomic mass is 9.86. The third kappa shape index (κ3) is 3.81. The Morgan fingerprint density at radius 1 is 1.19 bits per heavy atom. The molecule has 0 saturated carbocycles. The number of benzene rings is 2. The van der Waals surface area contributed by atoms with E-state index >= 15 is 0 Å². The van der Waals surface area contributed by atoms with E-state index in [0.717, 1.165) is 39.0 Å². The number of nitrogens with one attached hydrogen (secondary N) is 1. The van der Waals surface area contributed by atoms with Gasteiger partial charge in [-0.3, -0.25) is 4.79 Å². The van der Waals surface area contributed by atoms with Crippen LogP contribution in [0.2, 0.25) is 5.02 Å². The molecule has 3 aromatic rings. The molecule has 0 unspecified atom stereocenters. The van der Waals surface area contributed by atoms with E-state index in [9.17, 15) is 9.90 Å². The van der Waals surface area contributed by atoms with Gasteiger partial charge in [-0.15, -0.1) is 0 Å². The van der Waals surface area contributed by atoms with Gasteiger partial charge in [0.25, 0.3) is 0 Å². The van der Waals surface area contributed by atoms with Crippen molar-refractivity contribution in [3.05, 3.63) is 63.8 Å². The van der Waals surface area contributed by atoms with E-state index in [1.54, 1.807) is 21.0 Å². The number of ether oxygens (including phenoxy) is 1. The van der Waals surface area contributed by atoms with Crippen molar-refractivity contribution in [3.8, 4) is 5.75 Å². The Balaban J connectivity index is 2.11. The summed E-state index contributed by atoms with van der Waals surface area (Å²) in [5.41, 5.74) is 4.40. The van der Waals surface area contributed by atoms with Crippen LogP contribution in [0.1, 0.15) is 36.2 Å². The highest BCUT2D eigenvalue weighted by atomic mass is 35.5. The van der Waals surface area contributed by atoms with Crippen molar-refractivity contribution in [3.63, 3.8) is 0 Å². The average molecular weight is 386 g/mol. The standard InChI is InChI=1S/C22H24ClNO3/c1-13-18(12-22(2,3)21(25)26)24-17-9-10-19(27-4)16(20(13)17)11-14-5-7-15(23)8-6-14/h5-10,24H,11-12H2,1-4H3,(H,25,26). The average Bonchev–Trinajstić information content (AvgIpc) is 2.92. The smallest absolute Gasteiger partial charge is 0.309 e. The van der Waals surface area contributed by atoms with Crippen molar-refractivity contribution < 1.29 is 14.6 Å². The number of hydrogen-bond acceptors (Lipinski definition) is 2. The Kier molecular flexibility index (Phi) is 5.20. The number of aromatic amines is 1. The molecule has 3 rings (SSSR count). The van der Waals surface area contributed by atoms with Gasteiger partial charge in [-0.25, -0.2) is 0 Å². The van der Waals surface area contributed by atoms with Crippen molar-refractivity contribution >= 4 is 28.5 Å². The van der Waals surface area contributed by atoms with Crippen LogP contribution in [0.15, 0.2) is 36.4 Å². The van der Waals surface area contributed by atoms with Gasteiger partial charge in [0, 0.05) is 40.0 Å². The largest absolute Gasteiger partial charge is 0.496 e. The van der Waals surface area contributed by atoms with Gasteiger partial charge >= 0.3 is 5.97 Å². The molecule has 0 aliphatic rings. The minimum Gasteiger partial charge on any atom is -0.496 e. The van der Waals surface area contributed by atoms with E-state index in [4.69, 9.17) is 16.3 Å². The number of hydrogen-bond donors (Lipinski definition) is 2. The van der Waals surface area contributed by atoms with Crippen LogP contribution in [0, 0.1) is 12.3 Å². The highest BCUT2D eigenvalue weighted by Gasteiger charge is 2.29. The first-order chi connectivity index (χ1) is 12.7. The van der Waals surface area contributed by atoms with Gasteiger partial charge in [0.2, 0.25) is 0 Å². The van der Waals surface area contributed by atoms with Crippen molar-refractivity contribution in [1.29, 1.82) is 0 Å². The molecule has 0 atom stereocenters. The maximum Gasteiger partial charge on any atom is 0.309 e. The first-order valence-electron chi connectivity index (χ1n) is 8.88. The Morgan fingerprint density at radius 2 is 1.85 bits per heavy atom. The number of carboxylic acids is 1. The summed E-state index contributed by atoms with van der Waals surface area (Å²) < 4.78 is 5.62. The molecule has 0 amide bonds. The van der Waals surface area contributed by atoms with Crippen LogP contribution in [-0.2, 0) is 17.6 Å². The molecule has 0 radical (unpaired) electrons. The van der Waals surface area contributed by atoms with Gasteiger partial charge in [0.05, 0.1) is 12.5 Å². The number of aromatic nitrogens is 1. The molecule has 2 N–H and O–H groups in total. The zero-order valence-electron chi connectivity index (χ0n) is 16.0. The molecule has 0 saturated heterocycles. The van der Waals surface area contributed by atoms with Crippen molar-refractivity contribution in [2.24, 2.45) is 5.41 Å².